The van der Waals surface area contributed by atoms with E-state index in [1.54, 1.807) is 11.3 Å². The first kappa shape index (κ1) is 14.2. The minimum absolute atomic E-state index is 0.158. The van der Waals surface area contributed by atoms with E-state index in [1.807, 2.05) is 6.92 Å². The SMILES string of the molecule is Cc1nc(-c2ccc(C(C)(C)C)s2)nc(Cl)c1I. The molecule has 0 bridgehead atoms. The van der Waals surface area contributed by atoms with Gasteiger partial charge in [0.15, 0.2) is 5.82 Å². The van der Waals surface area contributed by atoms with Crippen molar-refractivity contribution in [2.24, 2.45) is 0 Å². The summed E-state index contributed by atoms with van der Waals surface area (Å²) < 4.78 is 0.922. The summed E-state index contributed by atoms with van der Waals surface area (Å²) in [5.41, 5.74) is 1.08. The third-order valence-electron chi connectivity index (χ3n) is 2.54. The molecule has 5 heteroatoms. The highest BCUT2D eigenvalue weighted by Gasteiger charge is 2.18. The van der Waals surface area contributed by atoms with E-state index in [0.717, 1.165) is 20.0 Å². The first-order valence-corrected chi connectivity index (χ1v) is 7.86. The van der Waals surface area contributed by atoms with Gasteiger partial charge in [0.05, 0.1) is 14.1 Å². The molecule has 2 heterocycles. The van der Waals surface area contributed by atoms with Crippen LogP contribution in [-0.2, 0) is 5.41 Å². The molecular weight excluding hydrogens is 379 g/mol. The monoisotopic (exact) mass is 392 g/mol. The van der Waals surface area contributed by atoms with E-state index in [9.17, 15) is 0 Å². The van der Waals surface area contributed by atoms with E-state index < -0.39 is 0 Å². The molecule has 0 aliphatic carbocycles. The molecule has 0 amide bonds. The summed E-state index contributed by atoms with van der Waals surface area (Å²) in [7, 11) is 0. The van der Waals surface area contributed by atoms with Crippen LogP contribution in [0.3, 0.4) is 0 Å². The van der Waals surface area contributed by atoms with Gasteiger partial charge in [-0.05, 0) is 47.1 Å². The first-order valence-electron chi connectivity index (χ1n) is 5.59. The van der Waals surface area contributed by atoms with Gasteiger partial charge >= 0.3 is 0 Å². The van der Waals surface area contributed by atoms with Gasteiger partial charge in [0.2, 0.25) is 0 Å². The Morgan fingerprint density at radius 2 is 1.89 bits per heavy atom. The third kappa shape index (κ3) is 2.86. The molecule has 2 rings (SSSR count). The highest BCUT2D eigenvalue weighted by atomic mass is 127. The van der Waals surface area contributed by atoms with Crippen LogP contribution in [0.25, 0.3) is 10.7 Å². The topological polar surface area (TPSA) is 25.8 Å². The van der Waals surface area contributed by atoms with Gasteiger partial charge in [0.1, 0.15) is 5.15 Å². The standard InChI is InChI=1S/C13H14ClIN2S/c1-7-10(15)11(14)17-12(16-7)8-5-6-9(18-8)13(2,3)4/h5-6H,1-4H3. The summed E-state index contributed by atoms with van der Waals surface area (Å²) in [5.74, 6) is 0.721. The van der Waals surface area contributed by atoms with Crippen LogP contribution in [0.5, 0.6) is 0 Å². The van der Waals surface area contributed by atoms with Gasteiger partial charge in [0, 0.05) is 4.88 Å². The number of aryl methyl sites for hydroxylation is 1. The fourth-order valence-electron chi connectivity index (χ4n) is 1.50. The molecule has 0 aliphatic heterocycles. The Morgan fingerprint density at radius 1 is 1.22 bits per heavy atom. The first-order chi connectivity index (χ1) is 8.29. The van der Waals surface area contributed by atoms with E-state index in [0.29, 0.717) is 5.15 Å². The molecule has 0 fully saturated rings. The summed E-state index contributed by atoms with van der Waals surface area (Å²) in [6, 6.07) is 4.22. The van der Waals surface area contributed by atoms with Crippen LogP contribution >= 0.6 is 45.5 Å². The molecule has 0 radical (unpaired) electrons. The Bertz CT molecular complexity index is 564. The Hall–Kier alpha value is -0.200. The number of halogens is 2. The van der Waals surface area contributed by atoms with Gasteiger partial charge in [0.25, 0.3) is 0 Å². The van der Waals surface area contributed by atoms with Gasteiger partial charge in [-0.1, -0.05) is 32.4 Å². The average Bonchev–Trinajstić information content (AvgIpc) is 2.73. The molecular formula is C13H14ClIN2S. The van der Waals surface area contributed by atoms with E-state index in [1.165, 1.54) is 4.88 Å². The van der Waals surface area contributed by atoms with E-state index >= 15 is 0 Å². The molecule has 2 aromatic heterocycles. The fraction of sp³-hybridized carbons (Fsp3) is 0.385. The quantitative estimate of drug-likeness (QED) is 0.500. The lowest BCUT2D eigenvalue weighted by molar-refractivity contribution is 0.604. The molecule has 0 aliphatic rings. The van der Waals surface area contributed by atoms with Crippen molar-refractivity contribution in [3.63, 3.8) is 0 Å². The van der Waals surface area contributed by atoms with E-state index in [2.05, 4.69) is 65.5 Å². The van der Waals surface area contributed by atoms with Crippen LogP contribution in [0.4, 0.5) is 0 Å². The lowest BCUT2D eigenvalue weighted by atomic mass is 9.95. The zero-order valence-corrected chi connectivity index (χ0v) is 14.4. The van der Waals surface area contributed by atoms with Crippen molar-refractivity contribution >= 4 is 45.5 Å². The Labute approximate surface area is 130 Å². The van der Waals surface area contributed by atoms with Crippen molar-refractivity contribution in [2.45, 2.75) is 33.1 Å². The van der Waals surface area contributed by atoms with Gasteiger partial charge in [-0.2, -0.15) is 0 Å². The Morgan fingerprint density at radius 3 is 2.39 bits per heavy atom. The van der Waals surface area contributed by atoms with Crippen molar-refractivity contribution in [2.75, 3.05) is 0 Å². The van der Waals surface area contributed by atoms with Gasteiger partial charge < -0.3 is 0 Å². The summed E-state index contributed by atoms with van der Waals surface area (Å²) in [6.45, 7) is 8.57. The van der Waals surface area contributed by atoms with Crippen molar-refractivity contribution in [3.8, 4) is 10.7 Å². The Balaban J connectivity index is 2.47. The third-order valence-corrected chi connectivity index (χ3v) is 5.93. The molecule has 0 N–H and O–H groups in total. The van der Waals surface area contributed by atoms with Crippen molar-refractivity contribution in [1.82, 2.24) is 9.97 Å². The second-order valence-electron chi connectivity index (χ2n) is 5.15. The lowest BCUT2D eigenvalue weighted by Gasteiger charge is -2.15. The molecule has 0 saturated heterocycles. The summed E-state index contributed by atoms with van der Waals surface area (Å²) >= 11 is 10.0. The number of aromatic nitrogens is 2. The number of nitrogens with zero attached hydrogens (tertiary/aromatic N) is 2. The minimum Gasteiger partial charge on any atom is -0.231 e. The lowest BCUT2D eigenvalue weighted by Crippen LogP contribution is -2.07. The largest absolute Gasteiger partial charge is 0.231 e. The number of thiophene rings is 1. The number of hydrogen-bond acceptors (Lipinski definition) is 3. The van der Waals surface area contributed by atoms with Gasteiger partial charge in [-0.3, -0.25) is 0 Å². The van der Waals surface area contributed by atoms with Crippen LogP contribution in [-0.4, -0.2) is 9.97 Å². The molecule has 18 heavy (non-hydrogen) atoms. The smallest absolute Gasteiger partial charge is 0.171 e. The van der Waals surface area contributed by atoms with Crippen molar-refractivity contribution in [3.05, 3.63) is 31.4 Å². The molecule has 0 saturated carbocycles. The normalized spacial score (nSPS) is 11.9. The molecule has 96 valence electrons. The molecule has 2 aromatic rings. The van der Waals surface area contributed by atoms with Crippen molar-refractivity contribution in [1.29, 1.82) is 0 Å². The van der Waals surface area contributed by atoms with Crippen LogP contribution in [0.2, 0.25) is 5.15 Å². The number of rotatable bonds is 1. The number of hydrogen-bond donors (Lipinski definition) is 0. The van der Waals surface area contributed by atoms with Gasteiger partial charge in [-0.25, -0.2) is 9.97 Å². The molecule has 2 nitrogen and oxygen atoms in total. The second-order valence-corrected chi connectivity index (χ2v) is 7.67. The predicted octanol–water partition coefficient (Wildman–Crippen LogP) is 5.07. The average molecular weight is 393 g/mol. The highest BCUT2D eigenvalue weighted by Crippen LogP contribution is 2.34. The zero-order valence-electron chi connectivity index (χ0n) is 10.7. The Kier molecular flexibility index (Phi) is 3.99. The molecule has 0 aromatic carbocycles. The van der Waals surface area contributed by atoms with Crippen molar-refractivity contribution < 1.29 is 0 Å². The van der Waals surface area contributed by atoms with Gasteiger partial charge in [-0.15, -0.1) is 11.3 Å². The summed E-state index contributed by atoms with van der Waals surface area (Å²) in [6.07, 6.45) is 0. The molecule has 0 atom stereocenters. The summed E-state index contributed by atoms with van der Waals surface area (Å²) in [5, 5.41) is 0.531. The maximum atomic E-state index is 6.11. The maximum absolute atomic E-state index is 6.11. The van der Waals surface area contributed by atoms with E-state index in [-0.39, 0.29) is 5.41 Å². The van der Waals surface area contributed by atoms with Crippen LogP contribution in [0, 0.1) is 10.5 Å². The molecule has 0 unspecified atom stereocenters. The van der Waals surface area contributed by atoms with Crippen LogP contribution < -0.4 is 0 Å². The predicted molar refractivity (Wildman–Crippen MR) is 86.5 cm³/mol. The second kappa shape index (κ2) is 5.06. The summed E-state index contributed by atoms with van der Waals surface area (Å²) in [4.78, 5) is 11.3. The van der Waals surface area contributed by atoms with E-state index in [4.69, 9.17) is 11.6 Å². The maximum Gasteiger partial charge on any atom is 0.171 e. The minimum atomic E-state index is 0.158. The zero-order chi connectivity index (χ0) is 13.5. The highest BCUT2D eigenvalue weighted by molar-refractivity contribution is 14.1. The fourth-order valence-corrected chi connectivity index (χ4v) is 2.95. The van der Waals surface area contributed by atoms with Crippen LogP contribution in [0.1, 0.15) is 31.3 Å². The molecule has 0 spiro atoms. The van der Waals surface area contributed by atoms with Crippen LogP contribution in [0.15, 0.2) is 12.1 Å².